The van der Waals surface area contributed by atoms with Crippen LogP contribution in [0.1, 0.15) is 17.5 Å². The molecule has 1 fully saturated rings. The van der Waals surface area contributed by atoms with Crippen LogP contribution < -0.4 is 5.32 Å². The van der Waals surface area contributed by atoms with Gasteiger partial charge in [0.25, 0.3) is 0 Å². The van der Waals surface area contributed by atoms with Gasteiger partial charge in [-0.2, -0.15) is 0 Å². The van der Waals surface area contributed by atoms with Crippen molar-refractivity contribution in [1.29, 1.82) is 0 Å². The molecule has 110 valence electrons. The second kappa shape index (κ2) is 8.39. The lowest BCUT2D eigenvalue weighted by Crippen LogP contribution is -2.35. The first-order valence-electron chi connectivity index (χ1n) is 6.98. The van der Waals surface area contributed by atoms with Crippen LogP contribution in [0.5, 0.6) is 0 Å². The number of nitrogens with one attached hydrogen (secondary N) is 1. The minimum absolute atomic E-state index is 0.0827. The van der Waals surface area contributed by atoms with Gasteiger partial charge in [-0.3, -0.25) is 9.69 Å². The van der Waals surface area contributed by atoms with Crippen molar-refractivity contribution < 1.29 is 9.53 Å². The zero-order valence-corrected chi connectivity index (χ0v) is 13.2. The molecule has 1 aliphatic heterocycles. The van der Waals surface area contributed by atoms with Crippen LogP contribution in [-0.2, 0) is 22.6 Å². The zero-order valence-electron chi connectivity index (χ0n) is 11.6. The summed E-state index contributed by atoms with van der Waals surface area (Å²) in [6.45, 7) is 5.24. The fourth-order valence-corrected chi connectivity index (χ4v) is 2.51. The van der Waals surface area contributed by atoms with E-state index in [2.05, 4.69) is 50.4 Å². The summed E-state index contributed by atoms with van der Waals surface area (Å²) >= 11 is 3.26. The quantitative estimate of drug-likeness (QED) is 0.804. The number of carbonyl (C=O) groups excluding carboxylic acids is 1. The van der Waals surface area contributed by atoms with E-state index in [9.17, 15) is 4.79 Å². The highest BCUT2D eigenvalue weighted by atomic mass is 79.9. The van der Waals surface area contributed by atoms with E-state index in [1.165, 1.54) is 5.56 Å². The molecule has 20 heavy (non-hydrogen) atoms. The molecule has 0 atom stereocenters. The van der Waals surface area contributed by atoms with Gasteiger partial charge in [-0.1, -0.05) is 40.2 Å². The maximum Gasteiger partial charge on any atom is 0.221 e. The van der Waals surface area contributed by atoms with E-state index in [1.54, 1.807) is 0 Å². The molecule has 1 heterocycles. The van der Waals surface area contributed by atoms with Crippen molar-refractivity contribution in [3.63, 3.8) is 0 Å². The number of rotatable bonds is 6. The first kappa shape index (κ1) is 15.5. The Morgan fingerprint density at radius 2 is 1.85 bits per heavy atom. The summed E-state index contributed by atoms with van der Waals surface area (Å²) in [5.41, 5.74) is 2.45. The number of nitrogens with zero attached hydrogens (tertiary/aromatic N) is 1. The van der Waals surface area contributed by atoms with Crippen LogP contribution in [0.3, 0.4) is 0 Å². The highest BCUT2D eigenvalue weighted by Crippen LogP contribution is 2.09. The normalized spacial score (nSPS) is 16.1. The van der Waals surface area contributed by atoms with Gasteiger partial charge < -0.3 is 10.1 Å². The van der Waals surface area contributed by atoms with Gasteiger partial charge in [0.05, 0.1) is 13.2 Å². The molecule has 1 amide bonds. The van der Waals surface area contributed by atoms with Gasteiger partial charge in [0.2, 0.25) is 5.91 Å². The Labute approximate surface area is 128 Å². The Bertz CT molecular complexity index is 416. The van der Waals surface area contributed by atoms with Crippen LogP contribution in [0.4, 0.5) is 0 Å². The van der Waals surface area contributed by atoms with Crippen molar-refractivity contribution in [2.45, 2.75) is 19.5 Å². The minimum Gasteiger partial charge on any atom is -0.379 e. The molecule has 1 aromatic carbocycles. The SMILES string of the molecule is O=C(CCBr)NCc1ccc(CN2CCOCC2)cc1. The Balaban J connectivity index is 1.78. The van der Waals surface area contributed by atoms with Crippen LogP contribution in [0.2, 0.25) is 0 Å². The van der Waals surface area contributed by atoms with E-state index >= 15 is 0 Å². The van der Waals surface area contributed by atoms with Gasteiger partial charge in [-0.25, -0.2) is 0 Å². The van der Waals surface area contributed by atoms with Crippen molar-refractivity contribution in [2.75, 3.05) is 31.6 Å². The molecule has 0 unspecified atom stereocenters. The summed E-state index contributed by atoms with van der Waals surface area (Å²) in [4.78, 5) is 13.8. The van der Waals surface area contributed by atoms with Crippen molar-refractivity contribution in [3.05, 3.63) is 35.4 Å². The van der Waals surface area contributed by atoms with E-state index in [-0.39, 0.29) is 5.91 Å². The molecule has 0 radical (unpaired) electrons. The van der Waals surface area contributed by atoms with Crippen LogP contribution >= 0.6 is 15.9 Å². The first-order valence-corrected chi connectivity index (χ1v) is 8.10. The summed E-state index contributed by atoms with van der Waals surface area (Å²) in [5.74, 6) is 0.0827. The van der Waals surface area contributed by atoms with E-state index < -0.39 is 0 Å². The van der Waals surface area contributed by atoms with Crippen molar-refractivity contribution >= 4 is 21.8 Å². The highest BCUT2D eigenvalue weighted by Gasteiger charge is 2.10. The van der Waals surface area contributed by atoms with Gasteiger partial charge in [-0.05, 0) is 11.1 Å². The summed E-state index contributed by atoms with van der Waals surface area (Å²) in [5, 5.41) is 3.61. The smallest absolute Gasteiger partial charge is 0.221 e. The lowest BCUT2D eigenvalue weighted by atomic mass is 10.1. The Kier molecular flexibility index (Phi) is 6.50. The molecule has 0 bridgehead atoms. The Morgan fingerprint density at radius 3 is 2.50 bits per heavy atom. The van der Waals surface area contributed by atoms with Crippen LogP contribution in [0, 0.1) is 0 Å². The fraction of sp³-hybridized carbons (Fsp3) is 0.533. The molecule has 2 rings (SSSR count). The maximum atomic E-state index is 11.4. The lowest BCUT2D eigenvalue weighted by molar-refractivity contribution is -0.120. The third-order valence-electron chi connectivity index (χ3n) is 3.34. The summed E-state index contributed by atoms with van der Waals surface area (Å²) in [7, 11) is 0. The number of halogens is 1. The zero-order chi connectivity index (χ0) is 14.2. The Hall–Kier alpha value is -0.910. The number of amides is 1. The number of alkyl halides is 1. The number of ether oxygens (including phenoxy) is 1. The summed E-state index contributed by atoms with van der Waals surface area (Å²) in [6.07, 6.45) is 0.523. The molecule has 1 aliphatic rings. The average molecular weight is 341 g/mol. The molecule has 0 spiro atoms. The van der Waals surface area contributed by atoms with E-state index in [4.69, 9.17) is 4.74 Å². The van der Waals surface area contributed by atoms with Gasteiger partial charge in [0.1, 0.15) is 0 Å². The van der Waals surface area contributed by atoms with Crippen molar-refractivity contribution in [3.8, 4) is 0 Å². The molecular formula is C15H21BrN2O2. The molecule has 1 aromatic rings. The number of hydrogen-bond donors (Lipinski definition) is 1. The first-order chi connectivity index (χ1) is 9.78. The van der Waals surface area contributed by atoms with Crippen molar-refractivity contribution in [2.24, 2.45) is 0 Å². The largest absolute Gasteiger partial charge is 0.379 e. The molecule has 0 aromatic heterocycles. The molecular weight excluding hydrogens is 320 g/mol. The number of benzene rings is 1. The van der Waals surface area contributed by atoms with Gasteiger partial charge >= 0.3 is 0 Å². The third kappa shape index (κ3) is 5.23. The minimum atomic E-state index is 0.0827. The molecule has 5 heteroatoms. The monoisotopic (exact) mass is 340 g/mol. The number of carbonyl (C=O) groups is 1. The molecule has 0 saturated carbocycles. The van der Waals surface area contributed by atoms with E-state index in [0.717, 1.165) is 38.4 Å². The number of morpholine rings is 1. The van der Waals surface area contributed by atoms with E-state index in [1.807, 2.05) is 0 Å². The third-order valence-corrected chi connectivity index (χ3v) is 3.74. The predicted molar refractivity (Wildman–Crippen MR) is 82.8 cm³/mol. The van der Waals surface area contributed by atoms with Gasteiger partial charge in [-0.15, -0.1) is 0 Å². The average Bonchev–Trinajstić information content (AvgIpc) is 2.48. The van der Waals surface area contributed by atoms with Crippen LogP contribution in [0.25, 0.3) is 0 Å². The molecule has 1 saturated heterocycles. The van der Waals surface area contributed by atoms with E-state index in [0.29, 0.717) is 18.3 Å². The lowest BCUT2D eigenvalue weighted by Gasteiger charge is -2.26. The highest BCUT2D eigenvalue weighted by molar-refractivity contribution is 9.09. The fourth-order valence-electron chi connectivity index (χ4n) is 2.15. The molecule has 4 nitrogen and oxygen atoms in total. The second-order valence-corrected chi connectivity index (χ2v) is 5.71. The van der Waals surface area contributed by atoms with Crippen molar-refractivity contribution in [1.82, 2.24) is 10.2 Å². The van der Waals surface area contributed by atoms with Gasteiger partial charge in [0, 0.05) is 37.9 Å². The van der Waals surface area contributed by atoms with Crippen LogP contribution in [-0.4, -0.2) is 42.4 Å². The topological polar surface area (TPSA) is 41.6 Å². The van der Waals surface area contributed by atoms with Gasteiger partial charge in [0.15, 0.2) is 0 Å². The Morgan fingerprint density at radius 1 is 1.20 bits per heavy atom. The maximum absolute atomic E-state index is 11.4. The standard InChI is InChI=1S/C15H21BrN2O2/c16-6-5-15(19)17-11-13-1-3-14(4-2-13)12-18-7-9-20-10-8-18/h1-4H,5-12H2,(H,17,19). The summed E-state index contributed by atoms with van der Waals surface area (Å²) < 4.78 is 5.35. The predicted octanol–water partition coefficient (Wildman–Crippen LogP) is 1.92. The summed E-state index contributed by atoms with van der Waals surface area (Å²) in [6, 6.07) is 8.46. The molecule has 1 N–H and O–H groups in total. The molecule has 0 aliphatic carbocycles. The van der Waals surface area contributed by atoms with Crippen LogP contribution in [0.15, 0.2) is 24.3 Å². The number of hydrogen-bond acceptors (Lipinski definition) is 3. The second-order valence-electron chi connectivity index (χ2n) is 4.92.